The number of H-pyrrole nitrogens is 1. The van der Waals surface area contributed by atoms with Gasteiger partial charge in [0.2, 0.25) is 0 Å². The number of benzene rings is 1. The van der Waals surface area contributed by atoms with Crippen molar-refractivity contribution in [1.82, 2.24) is 4.98 Å². The van der Waals surface area contributed by atoms with Crippen LogP contribution >= 0.6 is 0 Å². The maximum absolute atomic E-state index is 11.9. The van der Waals surface area contributed by atoms with E-state index in [4.69, 9.17) is 4.74 Å². The molecule has 1 aromatic heterocycles. The van der Waals surface area contributed by atoms with Gasteiger partial charge in [-0.15, -0.1) is 0 Å². The highest BCUT2D eigenvalue weighted by Crippen LogP contribution is 2.33. The molecular formula is C16H19NO2. The maximum Gasteiger partial charge on any atom is 0.309 e. The molecule has 3 nitrogen and oxygen atoms in total. The highest BCUT2D eigenvalue weighted by atomic mass is 16.5. The third-order valence-corrected chi connectivity index (χ3v) is 4.05. The van der Waals surface area contributed by atoms with Crippen LogP contribution in [0.2, 0.25) is 0 Å². The van der Waals surface area contributed by atoms with Crippen molar-refractivity contribution >= 4 is 16.9 Å². The van der Waals surface area contributed by atoms with E-state index in [0.29, 0.717) is 6.61 Å². The zero-order valence-electron chi connectivity index (χ0n) is 11.5. The first-order valence-corrected chi connectivity index (χ1v) is 6.96. The SMILES string of the molecule is CCOC(=O)[C@H]1CCc2[nH]c3c(C)cccc3c2C1. The summed E-state index contributed by atoms with van der Waals surface area (Å²) < 4.78 is 5.16. The Labute approximate surface area is 113 Å². The lowest BCUT2D eigenvalue weighted by molar-refractivity contribution is -0.148. The predicted octanol–water partition coefficient (Wildman–Crippen LogP) is 3.14. The van der Waals surface area contributed by atoms with E-state index in [2.05, 4.69) is 30.1 Å². The van der Waals surface area contributed by atoms with Crippen LogP contribution in [-0.4, -0.2) is 17.6 Å². The number of ether oxygens (including phenoxy) is 1. The fourth-order valence-electron chi connectivity index (χ4n) is 3.05. The van der Waals surface area contributed by atoms with Crippen LogP contribution in [0.1, 0.15) is 30.2 Å². The second-order valence-corrected chi connectivity index (χ2v) is 5.27. The molecule has 1 atom stereocenters. The number of hydrogen-bond donors (Lipinski definition) is 1. The van der Waals surface area contributed by atoms with Crippen molar-refractivity contribution < 1.29 is 9.53 Å². The Morgan fingerprint density at radius 1 is 1.47 bits per heavy atom. The summed E-state index contributed by atoms with van der Waals surface area (Å²) in [4.78, 5) is 15.4. The quantitative estimate of drug-likeness (QED) is 0.840. The molecule has 2 aromatic rings. The minimum absolute atomic E-state index is 0.0203. The molecule has 0 spiro atoms. The van der Waals surface area contributed by atoms with E-state index < -0.39 is 0 Å². The van der Waals surface area contributed by atoms with E-state index in [1.54, 1.807) is 0 Å². The summed E-state index contributed by atoms with van der Waals surface area (Å²) >= 11 is 0. The van der Waals surface area contributed by atoms with Crippen molar-refractivity contribution in [2.75, 3.05) is 6.61 Å². The number of para-hydroxylation sites is 1. The largest absolute Gasteiger partial charge is 0.466 e. The molecule has 1 aromatic carbocycles. The standard InChI is InChI=1S/C16H19NO2/c1-3-19-16(18)11-7-8-14-13(9-11)12-6-4-5-10(2)15(12)17-14/h4-6,11,17H,3,7-9H2,1-2H3/t11-/m0/s1. The molecule has 19 heavy (non-hydrogen) atoms. The molecule has 3 rings (SSSR count). The molecular weight excluding hydrogens is 238 g/mol. The first-order valence-electron chi connectivity index (χ1n) is 6.96. The van der Waals surface area contributed by atoms with Crippen LogP contribution in [0.25, 0.3) is 10.9 Å². The van der Waals surface area contributed by atoms with E-state index in [1.807, 2.05) is 6.92 Å². The number of nitrogens with one attached hydrogen (secondary N) is 1. The van der Waals surface area contributed by atoms with E-state index in [1.165, 1.54) is 27.7 Å². The Morgan fingerprint density at radius 3 is 3.11 bits per heavy atom. The number of carbonyl (C=O) groups is 1. The van der Waals surface area contributed by atoms with Crippen LogP contribution in [0.5, 0.6) is 0 Å². The lowest BCUT2D eigenvalue weighted by Crippen LogP contribution is -2.24. The third-order valence-electron chi connectivity index (χ3n) is 4.05. The van der Waals surface area contributed by atoms with E-state index in [9.17, 15) is 4.79 Å². The van der Waals surface area contributed by atoms with Gasteiger partial charge in [0.1, 0.15) is 0 Å². The molecule has 0 unspecified atom stereocenters. The van der Waals surface area contributed by atoms with Gasteiger partial charge in [0.25, 0.3) is 0 Å². The molecule has 0 fully saturated rings. The Kier molecular flexibility index (Phi) is 3.05. The number of hydrogen-bond acceptors (Lipinski definition) is 2. The zero-order chi connectivity index (χ0) is 13.4. The monoisotopic (exact) mass is 257 g/mol. The molecule has 1 aliphatic rings. The highest BCUT2D eigenvalue weighted by Gasteiger charge is 2.28. The molecule has 0 aliphatic heterocycles. The van der Waals surface area contributed by atoms with Gasteiger partial charge in [0.05, 0.1) is 12.5 Å². The average molecular weight is 257 g/mol. The minimum Gasteiger partial charge on any atom is -0.466 e. The Bertz CT molecular complexity index is 627. The summed E-state index contributed by atoms with van der Waals surface area (Å²) in [7, 11) is 0. The summed E-state index contributed by atoms with van der Waals surface area (Å²) in [5.41, 5.74) is 5.09. The number of aromatic nitrogens is 1. The van der Waals surface area contributed by atoms with Crippen LogP contribution < -0.4 is 0 Å². The van der Waals surface area contributed by atoms with Gasteiger partial charge in [-0.3, -0.25) is 4.79 Å². The number of aromatic amines is 1. The van der Waals surface area contributed by atoms with Gasteiger partial charge in [0.15, 0.2) is 0 Å². The van der Waals surface area contributed by atoms with Gasteiger partial charge in [0, 0.05) is 16.6 Å². The van der Waals surface area contributed by atoms with Crippen LogP contribution in [0, 0.1) is 12.8 Å². The maximum atomic E-state index is 11.9. The van der Waals surface area contributed by atoms with Gasteiger partial charge in [-0.05, 0) is 44.2 Å². The smallest absolute Gasteiger partial charge is 0.309 e. The molecule has 100 valence electrons. The highest BCUT2D eigenvalue weighted by molar-refractivity contribution is 5.88. The summed E-state index contributed by atoms with van der Waals surface area (Å²) in [6.07, 6.45) is 2.63. The number of carbonyl (C=O) groups excluding carboxylic acids is 1. The summed E-state index contributed by atoms with van der Waals surface area (Å²) in [5.74, 6) is -0.0258. The van der Waals surface area contributed by atoms with Gasteiger partial charge in [-0.25, -0.2) is 0 Å². The van der Waals surface area contributed by atoms with E-state index in [-0.39, 0.29) is 11.9 Å². The van der Waals surface area contributed by atoms with Gasteiger partial charge in [-0.1, -0.05) is 18.2 Å². The van der Waals surface area contributed by atoms with E-state index >= 15 is 0 Å². The molecule has 0 bridgehead atoms. The fraction of sp³-hybridized carbons (Fsp3) is 0.438. The van der Waals surface area contributed by atoms with Crippen molar-refractivity contribution in [3.63, 3.8) is 0 Å². The van der Waals surface area contributed by atoms with Crippen molar-refractivity contribution in [2.45, 2.75) is 33.1 Å². The lowest BCUT2D eigenvalue weighted by atomic mass is 9.86. The van der Waals surface area contributed by atoms with Crippen molar-refractivity contribution in [2.24, 2.45) is 5.92 Å². The van der Waals surface area contributed by atoms with Crippen LogP contribution in [-0.2, 0) is 22.4 Å². The molecule has 1 heterocycles. The molecule has 1 N–H and O–H groups in total. The molecule has 0 saturated carbocycles. The second kappa shape index (κ2) is 4.72. The third kappa shape index (κ3) is 2.03. The summed E-state index contributed by atoms with van der Waals surface area (Å²) in [5, 5.41) is 1.27. The van der Waals surface area contributed by atoms with E-state index in [0.717, 1.165) is 19.3 Å². The second-order valence-electron chi connectivity index (χ2n) is 5.27. The normalized spacial score (nSPS) is 18.3. The Balaban J connectivity index is 1.98. The van der Waals surface area contributed by atoms with Crippen molar-refractivity contribution in [1.29, 1.82) is 0 Å². The molecule has 0 amide bonds. The van der Waals surface area contributed by atoms with Crippen LogP contribution in [0.15, 0.2) is 18.2 Å². The molecule has 0 saturated heterocycles. The first-order chi connectivity index (χ1) is 9.20. The molecule has 1 aliphatic carbocycles. The minimum atomic E-state index is -0.0462. The molecule has 3 heteroatoms. The van der Waals surface area contributed by atoms with Gasteiger partial charge < -0.3 is 9.72 Å². The topological polar surface area (TPSA) is 42.1 Å². The first kappa shape index (κ1) is 12.3. The Morgan fingerprint density at radius 2 is 2.32 bits per heavy atom. The lowest BCUT2D eigenvalue weighted by Gasteiger charge is -2.20. The zero-order valence-corrected chi connectivity index (χ0v) is 11.5. The summed E-state index contributed by atoms with van der Waals surface area (Å²) in [6, 6.07) is 6.35. The van der Waals surface area contributed by atoms with Crippen LogP contribution in [0.3, 0.4) is 0 Å². The number of esters is 1. The summed E-state index contributed by atoms with van der Waals surface area (Å²) in [6.45, 7) is 4.45. The fourth-order valence-corrected chi connectivity index (χ4v) is 3.05. The number of aryl methyl sites for hydroxylation is 2. The molecule has 0 radical (unpaired) electrons. The van der Waals surface area contributed by atoms with Crippen molar-refractivity contribution in [3.8, 4) is 0 Å². The number of rotatable bonds is 2. The van der Waals surface area contributed by atoms with Gasteiger partial charge in [-0.2, -0.15) is 0 Å². The Hall–Kier alpha value is -1.77. The van der Waals surface area contributed by atoms with Crippen molar-refractivity contribution in [3.05, 3.63) is 35.0 Å². The van der Waals surface area contributed by atoms with Gasteiger partial charge >= 0.3 is 5.97 Å². The number of fused-ring (bicyclic) bond motifs is 3. The predicted molar refractivity (Wildman–Crippen MR) is 75.2 cm³/mol. The van der Waals surface area contributed by atoms with Crippen LogP contribution in [0.4, 0.5) is 0 Å². The average Bonchev–Trinajstić information content (AvgIpc) is 2.78.